The van der Waals surface area contributed by atoms with Gasteiger partial charge in [-0.05, 0) is 18.6 Å². The Morgan fingerprint density at radius 3 is 2.29 bits per heavy atom. The molecule has 0 spiro atoms. The average Bonchev–Trinajstić information content (AvgIpc) is 3.21. The van der Waals surface area contributed by atoms with Crippen LogP contribution in [0.3, 0.4) is 0 Å². The molecule has 186 valence electrons. The number of fused-ring (bicyclic) bond motifs is 1. The summed E-state index contributed by atoms with van der Waals surface area (Å²) < 4.78 is 0. The van der Waals surface area contributed by atoms with Crippen LogP contribution in [0.4, 0.5) is 0 Å². The summed E-state index contributed by atoms with van der Waals surface area (Å²) in [6.45, 7) is 0.580. The number of carboxylic acid groups (broad SMARTS) is 1. The summed E-state index contributed by atoms with van der Waals surface area (Å²) in [7, 11) is 0. The number of aliphatic carboxylic acids is 1. The highest BCUT2D eigenvalue weighted by Gasteiger charge is 2.32. The maximum absolute atomic E-state index is 12.9. The van der Waals surface area contributed by atoms with Crippen molar-refractivity contribution in [1.82, 2.24) is 20.9 Å². The van der Waals surface area contributed by atoms with Gasteiger partial charge in [0.1, 0.15) is 24.2 Å². The Labute approximate surface area is 200 Å². The van der Waals surface area contributed by atoms with E-state index in [4.69, 9.17) is 10.8 Å². The van der Waals surface area contributed by atoms with Gasteiger partial charge in [-0.3, -0.25) is 14.4 Å². The lowest BCUT2D eigenvalue weighted by Crippen LogP contribution is -2.60. The number of nitrogens with one attached hydrogen (secondary N) is 4. The number of hydrogen-bond acceptors (Lipinski definition) is 8. The minimum absolute atomic E-state index is 0.0167. The molecule has 0 aliphatic rings. The summed E-state index contributed by atoms with van der Waals surface area (Å²) in [6, 6.07) is 1.93. The average molecular weight is 496 g/mol. The van der Waals surface area contributed by atoms with Crippen molar-refractivity contribution in [1.29, 1.82) is 0 Å². The summed E-state index contributed by atoms with van der Waals surface area (Å²) in [5, 5.41) is 36.1. The quantitative estimate of drug-likeness (QED) is 0.148. The number of benzene rings is 1. The Kier molecular flexibility index (Phi) is 9.86. The summed E-state index contributed by atoms with van der Waals surface area (Å²) in [5.41, 5.74) is 6.93. The number of carbonyl (C=O) groups is 4. The molecule has 5 atom stereocenters. The number of aromatic amines is 1. The van der Waals surface area contributed by atoms with E-state index < -0.39 is 60.6 Å². The number of thiol groups is 1. The third kappa shape index (κ3) is 6.93. The van der Waals surface area contributed by atoms with Crippen LogP contribution in [0.5, 0.6) is 0 Å². The van der Waals surface area contributed by atoms with Crippen LogP contribution in [0.2, 0.25) is 0 Å². The zero-order chi connectivity index (χ0) is 25.4. The molecule has 1 aromatic carbocycles. The number of H-pyrrole nitrogens is 1. The van der Waals surface area contributed by atoms with Gasteiger partial charge in [-0.1, -0.05) is 18.2 Å². The van der Waals surface area contributed by atoms with Crippen molar-refractivity contribution in [3.05, 3.63) is 36.0 Å². The van der Waals surface area contributed by atoms with Crippen LogP contribution in [0, 0.1) is 0 Å². The third-order valence-electron chi connectivity index (χ3n) is 5.13. The maximum atomic E-state index is 12.9. The first-order chi connectivity index (χ1) is 16.1. The number of aromatic nitrogens is 1. The molecule has 2 aromatic rings. The maximum Gasteiger partial charge on any atom is 0.327 e. The summed E-state index contributed by atoms with van der Waals surface area (Å²) in [4.78, 5) is 52.3. The molecule has 0 bridgehead atoms. The lowest BCUT2D eigenvalue weighted by molar-refractivity contribution is -0.141. The molecule has 0 fully saturated rings. The van der Waals surface area contributed by atoms with Crippen LogP contribution in [0.25, 0.3) is 10.9 Å². The van der Waals surface area contributed by atoms with Crippen molar-refractivity contribution in [2.45, 2.75) is 43.6 Å². The van der Waals surface area contributed by atoms with Crippen molar-refractivity contribution in [3.8, 4) is 0 Å². The lowest BCUT2D eigenvalue weighted by Gasteiger charge is -2.26. The van der Waals surface area contributed by atoms with Crippen LogP contribution < -0.4 is 21.7 Å². The number of carbonyl (C=O) groups excluding carboxylic acids is 3. The molecule has 0 aliphatic carbocycles. The van der Waals surface area contributed by atoms with Crippen molar-refractivity contribution in [3.63, 3.8) is 0 Å². The summed E-state index contributed by atoms with van der Waals surface area (Å²) in [6.07, 6.45) is 0.284. The van der Waals surface area contributed by atoms with Gasteiger partial charge in [0, 0.05) is 29.3 Å². The van der Waals surface area contributed by atoms with Crippen molar-refractivity contribution in [2.75, 3.05) is 12.4 Å². The van der Waals surface area contributed by atoms with Crippen molar-refractivity contribution >= 4 is 47.2 Å². The van der Waals surface area contributed by atoms with Gasteiger partial charge in [0.25, 0.3) is 0 Å². The predicted molar refractivity (Wildman–Crippen MR) is 126 cm³/mol. The van der Waals surface area contributed by atoms with Gasteiger partial charge < -0.3 is 42.0 Å². The zero-order valence-electron chi connectivity index (χ0n) is 18.4. The molecule has 1 aromatic heterocycles. The smallest absolute Gasteiger partial charge is 0.327 e. The van der Waals surface area contributed by atoms with Crippen LogP contribution in [-0.2, 0) is 25.6 Å². The number of rotatable bonds is 12. The van der Waals surface area contributed by atoms with Gasteiger partial charge in [-0.15, -0.1) is 0 Å². The standard InChI is InChI=1S/C21H29N5O7S/c1-10(28)17(26-18(29)13(22)8-27)20(31)24-15(19(30)25-16(9-34)21(32)33)6-11-7-23-14-5-3-2-4-12(11)14/h2-5,7,10,13,15-17,23,27-28,34H,6,8-9,22H2,1H3,(H,24,31)(H,25,30)(H,26,29)(H,32,33). The Hall–Kier alpha value is -3.13. The molecule has 0 radical (unpaired) electrons. The van der Waals surface area contributed by atoms with Crippen molar-refractivity contribution < 1.29 is 34.5 Å². The Bertz CT molecular complexity index is 1030. The summed E-state index contributed by atoms with van der Waals surface area (Å²) in [5.74, 6) is -4.04. The largest absolute Gasteiger partial charge is 0.480 e. The van der Waals surface area contributed by atoms with Crippen LogP contribution in [0.1, 0.15) is 12.5 Å². The molecule has 3 amide bonds. The number of para-hydroxylation sites is 1. The van der Waals surface area contributed by atoms with Gasteiger partial charge in [-0.2, -0.15) is 12.6 Å². The van der Waals surface area contributed by atoms with Crippen molar-refractivity contribution in [2.24, 2.45) is 5.73 Å². The molecule has 13 heteroatoms. The molecule has 2 rings (SSSR count). The zero-order valence-corrected chi connectivity index (χ0v) is 19.3. The topological polar surface area (TPSA) is 207 Å². The lowest BCUT2D eigenvalue weighted by atomic mass is 10.0. The van der Waals surface area contributed by atoms with Gasteiger partial charge in [-0.25, -0.2) is 4.79 Å². The van der Waals surface area contributed by atoms with E-state index >= 15 is 0 Å². The Balaban J connectivity index is 2.29. The SMILES string of the molecule is CC(O)C(NC(=O)C(N)CO)C(=O)NC(Cc1c[nH]c2ccccc12)C(=O)NC(CS)C(=O)O. The van der Waals surface area contributed by atoms with Crippen LogP contribution in [-0.4, -0.2) is 86.6 Å². The second kappa shape index (κ2) is 12.4. The van der Waals surface area contributed by atoms with Gasteiger partial charge >= 0.3 is 5.97 Å². The van der Waals surface area contributed by atoms with Gasteiger partial charge in [0.05, 0.1) is 12.7 Å². The van der Waals surface area contributed by atoms with Crippen LogP contribution >= 0.6 is 12.6 Å². The highest BCUT2D eigenvalue weighted by Crippen LogP contribution is 2.19. The molecular formula is C21H29N5O7S. The number of amides is 3. The fraction of sp³-hybridized carbons (Fsp3) is 0.429. The molecule has 0 saturated heterocycles. The fourth-order valence-corrected chi connectivity index (χ4v) is 3.44. The number of hydrogen-bond donors (Lipinski definition) is 9. The minimum atomic E-state index is -1.48. The van der Waals surface area contributed by atoms with E-state index in [2.05, 4.69) is 33.6 Å². The third-order valence-corrected chi connectivity index (χ3v) is 5.49. The fourth-order valence-electron chi connectivity index (χ4n) is 3.20. The number of nitrogens with two attached hydrogens (primary N) is 1. The monoisotopic (exact) mass is 495 g/mol. The van der Waals surface area contributed by atoms with Crippen LogP contribution in [0.15, 0.2) is 30.5 Å². The van der Waals surface area contributed by atoms with E-state index in [1.807, 2.05) is 18.2 Å². The normalized spacial score (nSPS) is 15.6. The minimum Gasteiger partial charge on any atom is -0.480 e. The van der Waals surface area contributed by atoms with E-state index in [1.165, 1.54) is 6.92 Å². The number of carboxylic acids is 1. The molecule has 9 N–H and O–H groups in total. The van der Waals surface area contributed by atoms with E-state index in [-0.39, 0.29) is 12.2 Å². The highest BCUT2D eigenvalue weighted by atomic mass is 32.1. The molecule has 0 aliphatic heterocycles. The molecular weight excluding hydrogens is 466 g/mol. The first-order valence-electron chi connectivity index (χ1n) is 10.4. The number of aliphatic hydroxyl groups excluding tert-OH is 2. The molecule has 0 saturated carbocycles. The van der Waals surface area contributed by atoms with E-state index in [0.717, 1.165) is 10.9 Å². The molecule has 5 unspecified atom stereocenters. The first-order valence-corrected chi connectivity index (χ1v) is 11.1. The highest BCUT2D eigenvalue weighted by molar-refractivity contribution is 7.80. The Morgan fingerprint density at radius 1 is 1.06 bits per heavy atom. The van der Waals surface area contributed by atoms with Gasteiger partial charge in [0.15, 0.2) is 0 Å². The van der Waals surface area contributed by atoms with E-state index in [9.17, 15) is 29.4 Å². The van der Waals surface area contributed by atoms with E-state index in [0.29, 0.717) is 5.56 Å². The molecule has 12 nitrogen and oxygen atoms in total. The van der Waals surface area contributed by atoms with E-state index in [1.54, 1.807) is 12.3 Å². The molecule has 1 heterocycles. The summed E-state index contributed by atoms with van der Waals surface area (Å²) >= 11 is 3.93. The second-order valence-electron chi connectivity index (χ2n) is 7.72. The first kappa shape index (κ1) is 27.1. The molecule has 34 heavy (non-hydrogen) atoms. The number of aliphatic hydroxyl groups is 2. The predicted octanol–water partition coefficient (Wildman–Crippen LogP) is -2.12. The van der Waals surface area contributed by atoms with Gasteiger partial charge in [0.2, 0.25) is 17.7 Å². The Morgan fingerprint density at radius 2 is 1.71 bits per heavy atom. The second-order valence-corrected chi connectivity index (χ2v) is 8.09.